The average molecular weight is 634 g/mol. The molecule has 1 aromatic heterocycles. The zero-order valence-electron chi connectivity index (χ0n) is 24.0. The number of non-ortho nitro benzene ring substituents is 1. The minimum atomic E-state index is -0.582. The molecule has 1 unspecified atom stereocenters. The molecule has 232 valence electrons. The Morgan fingerprint density at radius 1 is 1.00 bits per heavy atom. The van der Waals surface area contributed by atoms with Crippen LogP contribution in [-0.4, -0.2) is 59.1 Å². The maximum absolute atomic E-state index is 14.1. The van der Waals surface area contributed by atoms with E-state index in [0.717, 1.165) is 6.42 Å². The topological polar surface area (TPSA) is 142 Å². The smallest absolute Gasteiger partial charge is 0.270 e. The van der Waals surface area contributed by atoms with Gasteiger partial charge in [-0.25, -0.2) is 0 Å². The van der Waals surface area contributed by atoms with E-state index in [9.17, 15) is 24.5 Å². The van der Waals surface area contributed by atoms with E-state index in [2.05, 4.69) is 0 Å². The number of carbonyl (C=O) groups is 2. The molecule has 3 heterocycles. The van der Waals surface area contributed by atoms with Gasteiger partial charge in [0.1, 0.15) is 12.1 Å². The van der Waals surface area contributed by atoms with Gasteiger partial charge in [0, 0.05) is 42.4 Å². The molecule has 12 nitrogen and oxygen atoms in total. The van der Waals surface area contributed by atoms with Crippen LogP contribution in [0.25, 0.3) is 11.0 Å². The zero-order chi connectivity index (χ0) is 31.5. The van der Waals surface area contributed by atoms with E-state index in [1.165, 1.54) is 46.4 Å². The molecule has 2 aliphatic heterocycles. The lowest BCUT2D eigenvalue weighted by Gasteiger charge is -2.29. The van der Waals surface area contributed by atoms with Crippen molar-refractivity contribution in [2.45, 2.75) is 32.0 Å². The lowest BCUT2D eigenvalue weighted by Crippen LogP contribution is -2.45. The average Bonchev–Trinajstić information content (AvgIpc) is 3.73. The highest BCUT2D eigenvalue weighted by Crippen LogP contribution is 2.33. The second-order valence-corrected chi connectivity index (χ2v) is 11.2. The molecule has 1 saturated heterocycles. The molecule has 0 saturated carbocycles. The summed E-state index contributed by atoms with van der Waals surface area (Å²) in [6.07, 6.45) is 2.54. The van der Waals surface area contributed by atoms with Gasteiger partial charge in [-0.2, -0.15) is 0 Å². The van der Waals surface area contributed by atoms with Gasteiger partial charge in [0.15, 0.2) is 16.9 Å². The maximum Gasteiger partial charge on any atom is 0.270 e. The lowest BCUT2D eigenvalue weighted by molar-refractivity contribution is -0.384. The summed E-state index contributed by atoms with van der Waals surface area (Å²) < 4.78 is 22.4. The van der Waals surface area contributed by atoms with Gasteiger partial charge in [-0.15, -0.1) is 0 Å². The van der Waals surface area contributed by atoms with Crippen molar-refractivity contribution in [3.05, 3.63) is 109 Å². The van der Waals surface area contributed by atoms with E-state index in [0.29, 0.717) is 40.7 Å². The number of ether oxygens (including phenoxy) is 3. The van der Waals surface area contributed by atoms with Gasteiger partial charge in [0.05, 0.1) is 34.8 Å². The first-order valence-electron chi connectivity index (χ1n) is 14.3. The number of rotatable bonds is 10. The molecule has 1 fully saturated rings. The van der Waals surface area contributed by atoms with Gasteiger partial charge in [-0.3, -0.25) is 24.5 Å². The summed E-state index contributed by atoms with van der Waals surface area (Å²) >= 11 is 6.14. The van der Waals surface area contributed by atoms with Gasteiger partial charge < -0.3 is 28.4 Å². The lowest BCUT2D eigenvalue weighted by atomic mass is 10.1. The number of nitro benzene ring substituents is 1. The van der Waals surface area contributed by atoms with Crippen molar-refractivity contribution in [3.63, 3.8) is 0 Å². The van der Waals surface area contributed by atoms with Crippen LogP contribution in [0.5, 0.6) is 11.5 Å². The van der Waals surface area contributed by atoms with Crippen molar-refractivity contribution >= 4 is 40.1 Å². The third-order valence-electron chi connectivity index (χ3n) is 7.70. The first kappa shape index (κ1) is 30.1. The third-order valence-corrected chi connectivity index (χ3v) is 7.93. The molecule has 0 N–H and O–H groups in total. The summed E-state index contributed by atoms with van der Waals surface area (Å²) in [4.78, 5) is 54.8. The van der Waals surface area contributed by atoms with Gasteiger partial charge >= 0.3 is 0 Å². The minimum Gasteiger partial charge on any atom is -0.464 e. The van der Waals surface area contributed by atoms with Crippen molar-refractivity contribution in [3.8, 4) is 11.5 Å². The van der Waals surface area contributed by atoms with Gasteiger partial charge in [-0.1, -0.05) is 23.7 Å². The zero-order valence-corrected chi connectivity index (χ0v) is 24.7. The number of nitro groups is 1. The third kappa shape index (κ3) is 6.76. The molecule has 3 aromatic carbocycles. The maximum atomic E-state index is 14.1. The van der Waals surface area contributed by atoms with Crippen molar-refractivity contribution < 1.29 is 33.1 Å². The van der Waals surface area contributed by atoms with Crippen LogP contribution >= 0.6 is 11.6 Å². The summed E-state index contributed by atoms with van der Waals surface area (Å²) in [5.41, 5.74) is 0.769. The molecule has 0 bridgehead atoms. The van der Waals surface area contributed by atoms with Crippen LogP contribution in [-0.2, 0) is 22.6 Å². The fourth-order valence-corrected chi connectivity index (χ4v) is 5.57. The summed E-state index contributed by atoms with van der Waals surface area (Å²) in [5.74, 6) is 0.0927. The van der Waals surface area contributed by atoms with E-state index in [-0.39, 0.29) is 66.7 Å². The Morgan fingerprint density at radius 2 is 1.84 bits per heavy atom. The van der Waals surface area contributed by atoms with E-state index in [4.69, 9.17) is 30.2 Å². The van der Waals surface area contributed by atoms with Gasteiger partial charge in [0.2, 0.25) is 12.7 Å². The SMILES string of the molecule is O=C(CN(CC1CCCO1)C(=O)c1cccc([N+](=O)[O-])c1)N(Cc1ccc2c(c1)OCO2)Cc1coc2ccc(Cl)cc2c1=O. The summed E-state index contributed by atoms with van der Waals surface area (Å²) in [6.45, 7) is 0.312. The van der Waals surface area contributed by atoms with E-state index in [1.54, 1.807) is 30.3 Å². The largest absolute Gasteiger partial charge is 0.464 e. The monoisotopic (exact) mass is 633 g/mol. The predicted octanol–water partition coefficient (Wildman–Crippen LogP) is 4.93. The molecule has 0 aliphatic carbocycles. The number of fused-ring (bicyclic) bond motifs is 2. The van der Waals surface area contributed by atoms with Crippen molar-refractivity contribution in [2.75, 3.05) is 26.5 Å². The second kappa shape index (κ2) is 13.0. The molecule has 2 aliphatic rings. The fourth-order valence-electron chi connectivity index (χ4n) is 5.40. The molecule has 1 atom stereocenters. The molecule has 13 heteroatoms. The van der Waals surface area contributed by atoms with Crippen LogP contribution in [0.4, 0.5) is 5.69 Å². The van der Waals surface area contributed by atoms with E-state index >= 15 is 0 Å². The quantitative estimate of drug-likeness (QED) is 0.175. The standard InChI is InChI=1S/C32H28ClN3O9/c33-23-7-9-27-26(13-23)31(38)22(18-43-27)15-34(14-20-6-8-28-29(11-20)45-19-44-28)30(37)17-35(16-25-5-2-10-42-25)32(39)21-3-1-4-24(12-21)36(40)41/h1,3-4,6-9,11-13,18,25H,2,5,10,14-17,19H2. The van der Waals surface area contributed by atoms with Crippen molar-refractivity contribution in [1.82, 2.24) is 9.80 Å². The van der Waals surface area contributed by atoms with Crippen molar-refractivity contribution in [1.29, 1.82) is 0 Å². The van der Waals surface area contributed by atoms with Crippen LogP contribution in [0.15, 0.2) is 76.1 Å². The summed E-state index contributed by atoms with van der Waals surface area (Å²) in [7, 11) is 0. The van der Waals surface area contributed by atoms with Crippen LogP contribution in [0, 0.1) is 10.1 Å². The molecule has 45 heavy (non-hydrogen) atoms. The number of hydrogen-bond acceptors (Lipinski definition) is 9. The normalized spacial score (nSPS) is 15.3. The van der Waals surface area contributed by atoms with Gasteiger partial charge in [-0.05, 0) is 54.8 Å². The number of nitrogens with zero attached hydrogens (tertiary/aromatic N) is 3. The summed E-state index contributed by atoms with van der Waals surface area (Å²) in [6, 6.07) is 15.4. The Hall–Kier alpha value is -4.94. The fraction of sp³-hybridized carbons (Fsp3) is 0.281. The predicted molar refractivity (Wildman–Crippen MR) is 162 cm³/mol. The summed E-state index contributed by atoms with van der Waals surface area (Å²) in [5, 5.41) is 12.0. The first-order chi connectivity index (χ1) is 21.7. The Bertz CT molecular complexity index is 1840. The molecular weight excluding hydrogens is 606 g/mol. The Kier molecular flexibility index (Phi) is 8.67. The highest BCUT2D eigenvalue weighted by Gasteiger charge is 2.29. The molecule has 6 rings (SSSR count). The number of benzene rings is 3. The highest BCUT2D eigenvalue weighted by atomic mass is 35.5. The Labute approximate surface area is 261 Å². The van der Waals surface area contributed by atoms with E-state index < -0.39 is 16.7 Å². The van der Waals surface area contributed by atoms with Crippen LogP contribution < -0.4 is 14.9 Å². The Morgan fingerprint density at radius 3 is 2.64 bits per heavy atom. The number of halogens is 1. The van der Waals surface area contributed by atoms with Crippen LogP contribution in [0.3, 0.4) is 0 Å². The van der Waals surface area contributed by atoms with Crippen LogP contribution in [0.2, 0.25) is 5.02 Å². The van der Waals surface area contributed by atoms with Crippen LogP contribution in [0.1, 0.15) is 34.3 Å². The minimum absolute atomic E-state index is 0.0707. The number of hydrogen-bond donors (Lipinski definition) is 0. The first-order valence-corrected chi connectivity index (χ1v) is 14.6. The van der Waals surface area contributed by atoms with Crippen molar-refractivity contribution in [2.24, 2.45) is 0 Å². The Balaban J connectivity index is 1.32. The molecule has 2 amide bonds. The number of amides is 2. The molecule has 0 radical (unpaired) electrons. The number of carbonyl (C=O) groups excluding carboxylic acids is 2. The highest BCUT2D eigenvalue weighted by molar-refractivity contribution is 6.31. The van der Waals surface area contributed by atoms with Gasteiger partial charge in [0.25, 0.3) is 11.6 Å². The molecule has 0 spiro atoms. The molecule has 4 aromatic rings. The second-order valence-electron chi connectivity index (χ2n) is 10.8. The van der Waals surface area contributed by atoms with E-state index in [1.807, 2.05) is 0 Å². The molecular formula is C32H28ClN3O9.